The van der Waals surface area contributed by atoms with Crippen molar-refractivity contribution in [3.8, 4) is 11.5 Å². The van der Waals surface area contributed by atoms with Crippen LogP contribution in [0, 0.1) is 0 Å². The summed E-state index contributed by atoms with van der Waals surface area (Å²) < 4.78 is 10.3. The molecule has 3 rings (SSSR count). The molecule has 3 aromatic rings. The molecule has 0 bridgehead atoms. The maximum absolute atomic E-state index is 12.4. The number of ether oxygens (including phenoxy) is 2. The maximum atomic E-state index is 12.4. The summed E-state index contributed by atoms with van der Waals surface area (Å²) in [4.78, 5) is 16.6. The second-order valence-electron chi connectivity index (χ2n) is 6.52. The van der Waals surface area contributed by atoms with Crippen LogP contribution in [0.4, 0.5) is 5.69 Å². The third-order valence-corrected chi connectivity index (χ3v) is 4.51. The molecule has 29 heavy (non-hydrogen) atoms. The number of aromatic nitrogens is 1. The van der Waals surface area contributed by atoms with Gasteiger partial charge in [-0.1, -0.05) is 24.3 Å². The Labute approximate surface area is 170 Å². The van der Waals surface area contributed by atoms with Crippen molar-refractivity contribution in [2.75, 3.05) is 26.1 Å². The normalized spacial score (nSPS) is 10.3. The minimum absolute atomic E-state index is 0.140. The Bertz CT molecular complexity index is 925. The Morgan fingerprint density at radius 1 is 0.897 bits per heavy atom. The van der Waals surface area contributed by atoms with Gasteiger partial charge in [-0.2, -0.15) is 0 Å². The van der Waals surface area contributed by atoms with E-state index in [-0.39, 0.29) is 5.91 Å². The standard InChI is InChI=1S/C23H25N3O3/c1-28-21-7-3-17(4-8-21)11-12-25-23(27)19-13-20(16-24-15-19)26-14-18-5-9-22(29-2)10-6-18/h3-10,13,15-16,26H,11-12,14H2,1-2H3,(H,25,27). The number of nitrogens with one attached hydrogen (secondary N) is 2. The lowest BCUT2D eigenvalue weighted by Crippen LogP contribution is -2.25. The lowest BCUT2D eigenvalue weighted by Gasteiger charge is -2.09. The minimum atomic E-state index is -0.140. The number of anilines is 1. The van der Waals surface area contributed by atoms with Crippen molar-refractivity contribution in [3.63, 3.8) is 0 Å². The molecule has 0 fully saturated rings. The Morgan fingerprint density at radius 2 is 1.52 bits per heavy atom. The third-order valence-electron chi connectivity index (χ3n) is 4.51. The number of pyridine rings is 1. The predicted molar refractivity (Wildman–Crippen MR) is 114 cm³/mol. The highest BCUT2D eigenvalue weighted by atomic mass is 16.5. The van der Waals surface area contributed by atoms with Gasteiger partial charge in [0.1, 0.15) is 11.5 Å². The van der Waals surface area contributed by atoms with Gasteiger partial charge in [0.2, 0.25) is 0 Å². The van der Waals surface area contributed by atoms with Crippen molar-refractivity contribution in [3.05, 3.63) is 83.7 Å². The summed E-state index contributed by atoms with van der Waals surface area (Å²) in [5.41, 5.74) is 3.57. The minimum Gasteiger partial charge on any atom is -0.497 e. The van der Waals surface area contributed by atoms with E-state index in [0.717, 1.165) is 34.7 Å². The van der Waals surface area contributed by atoms with Gasteiger partial charge in [-0.05, 0) is 47.9 Å². The Hall–Kier alpha value is -3.54. The number of methoxy groups -OCH3 is 2. The number of hydrogen-bond acceptors (Lipinski definition) is 5. The molecule has 0 spiro atoms. The molecule has 2 N–H and O–H groups in total. The quantitative estimate of drug-likeness (QED) is 0.582. The topological polar surface area (TPSA) is 72.5 Å². The SMILES string of the molecule is COc1ccc(CCNC(=O)c2cncc(NCc3ccc(OC)cc3)c2)cc1. The average Bonchev–Trinajstić information content (AvgIpc) is 2.78. The van der Waals surface area contributed by atoms with Crippen LogP contribution in [-0.2, 0) is 13.0 Å². The fourth-order valence-corrected chi connectivity index (χ4v) is 2.82. The van der Waals surface area contributed by atoms with E-state index in [0.29, 0.717) is 18.7 Å². The molecule has 0 aliphatic carbocycles. The largest absolute Gasteiger partial charge is 0.497 e. The van der Waals surface area contributed by atoms with Crippen molar-refractivity contribution in [2.45, 2.75) is 13.0 Å². The van der Waals surface area contributed by atoms with Crippen LogP contribution < -0.4 is 20.1 Å². The van der Waals surface area contributed by atoms with E-state index in [2.05, 4.69) is 15.6 Å². The molecule has 0 saturated heterocycles. The van der Waals surface area contributed by atoms with E-state index in [1.165, 1.54) is 0 Å². The zero-order valence-corrected chi connectivity index (χ0v) is 16.6. The smallest absolute Gasteiger partial charge is 0.252 e. The van der Waals surface area contributed by atoms with Crippen molar-refractivity contribution >= 4 is 11.6 Å². The first-order valence-corrected chi connectivity index (χ1v) is 9.41. The molecule has 0 saturated carbocycles. The molecular weight excluding hydrogens is 366 g/mol. The molecular formula is C23H25N3O3. The second kappa shape index (κ2) is 10.1. The highest BCUT2D eigenvalue weighted by Gasteiger charge is 2.07. The highest BCUT2D eigenvalue weighted by molar-refractivity contribution is 5.94. The summed E-state index contributed by atoms with van der Waals surface area (Å²) in [6.45, 7) is 1.18. The highest BCUT2D eigenvalue weighted by Crippen LogP contribution is 2.14. The van der Waals surface area contributed by atoms with Crippen LogP contribution in [0.5, 0.6) is 11.5 Å². The first-order chi connectivity index (χ1) is 14.2. The number of amides is 1. The molecule has 0 aliphatic heterocycles. The van der Waals surface area contributed by atoms with E-state index < -0.39 is 0 Å². The summed E-state index contributed by atoms with van der Waals surface area (Å²) in [5.74, 6) is 1.51. The van der Waals surface area contributed by atoms with Crippen LogP contribution in [0.25, 0.3) is 0 Å². The molecule has 6 heteroatoms. The van der Waals surface area contributed by atoms with Gasteiger partial charge in [0.15, 0.2) is 0 Å². The fraction of sp³-hybridized carbons (Fsp3) is 0.217. The van der Waals surface area contributed by atoms with Gasteiger partial charge >= 0.3 is 0 Å². The number of carbonyl (C=O) groups excluding carboxylic acids is 1. The molecule has 0 aliphatic rings. The van der Waals surface area contributed by atoms with Crippen molar-refractivity contribution in [2.24, 2.45) is 0 Å². The summed E-state index contributed by atoms with van der Waals surface area (Å²) in [6.07, 6.45) is 4.03. The molecule has 1 amide bonds. The lowest BCUT2D eigenvalue weighted by molar-refractivity contribution is 0.0954. The molecule has 1 aromatic heterocycles. The number of rotatable bonds is 9. The first kappa shape index (κ1) is 20.2. The summed E-state index contributed by atoms with van der Waals surface area (Å²) in [5, 5.41) is 6.23. The number of carbonyl (C=O) groups is 1. The van der Waals surface area contributed by atoms with Gasteiger partial charge in [0.25, 0.3) is 5.91 Å². The van der Waals surface area contributed by atoms with Gasteiger partial charge in [-0.3, -0.25) is 9.78 Å². The van der Waals surface area contributed by atoms with Crippen LogP contribution in [0.1, 0.15) is 21.5 Å². The van der Waals surface area contributed by atoms with Crippen molar-refractivity contribution in [1.29, 1.82) is 0 Å². The Balaban J connectivity index is 1.50. The zero-order chi connectivity index (χ0) is 20.5. The zero-order valence-electron chi connectivity index (χ0n) is 16.6. The first-order valence-electron chi connectivity index (χ1n) is 9.41. The molecule has 2 aromatic carbocycles. The van der Waals surface area contributed by atoms with Gasteiger partial charge in [-0.25, -0.2) is 0 Å². The van der Waals surface area contributed by atoms with Crippen molar-refractivity contribution < 1.29 is 14.3 Å². The van der Waals surface area contributed by atoms with Gasteiger partial charge in [-0.15, -0.1) is 0 Å². The predicted octanol–water partition coefficient (Wildman–Crippen LogP) is 3.68. The molecule has 6 nitrogen and oxygen atoms in total. The van der Waals surface area contributed by atoms with E-state index >= 15 is 0 Å². The summed E-state index contributed by atoms with van der Waals surface area (Å²) in [6, 6.07) is 17.5. The van der Waals surface area contributed by atoms with Crippen LogP contribution in [0.2, 0.25) is 0 Å². The van der Waals surface area contributed by atoms with Gasteiger partial charge in [0.05, 0.1) is 25.5 Å². The van der Waals surface area contributed by atoms with E-state index in [1.54, 1.807) is 32.7 Å². The van der Waals surface area contributed by atoms with E-state index in [9.17, 15) is 4.79 Å². The summed E-state index contributed by atoms with van der Waals surface area (Å²) >= 11 is 0. The summed E-state index contributed by atoms with van der Waals surface area (Å²) in [7, 11) is 3.29. The van der Waals surface area contributed by atoms with Crippen LogP contribution in [-0.4, -0.2) is 31.7 Å². The fourth-order valence-electron chi connectivity index (χ4n) is 2.82. The van der Waals surface area contributed by atoms with E-state index in [4.69, 9.17) is 9.47 Å². The maximum Gasteiger partial charge on any atom is 0.252 e. The van der Waals surface area contributed by atoms with Crippen LogP contribution in [0.15, 0.2) is 67.0 Å². The third kappa shape index (κ3) is 5.97. The average molecular weight is 391 g/mol. The second-order valence-corrected chi connectivity index (χ2v) is 6.52. The molecule has 0 atom stereocenters. The van der Waals surface area contributed by atoms with Gasteiger partial charge < -0.3 is 20.1 Å². The molecule has 1 heterocycles. The molecule has 0 unspecified atom stereocenters. The number of hydrogen-bond donors (Lipinski definition) is 2. The molecule has 0 radical (unpaired) electrons. The van der Waals surface area contributed by atoms with Crippen LogP contribution >= 0.6 is 0 Å². The monoisotopic (exact) mass is 391 g/mol. The van der Waals surface area contributed by atoms with E-state index in [1.807, 2.05) is 48.5 Å². The Morgan fingerprint density at radius 3 is 2.14 bits per heavy atom. The Kier molecular flexibility index (Phi) is 7.05. The van der Waals surface area contributed by atoms with Crippen LogP contribution in [0.3, 0.4) is 0 Å². The van der Waals surface area contributed by atoms with Gasteiger partial charge in [0, 0.05) is 25.5 Å². The number of benzene rings is 2. The molecule has 150 valence electrons. The number of nitrogens with zero attached hydrogens (tertiary/aromatic N) is 1. The van der Waals surface area contributed by atoms with Crippen molar-refractivity contribution in [1.82, 2.24) is 10.3 Å². The lowest BCUT2D eigenvalue weighted by atomic mass is 10.1.